The second-order valence-corrected chi connectivity index (χ2v) is 6.90. The summed E-state index contributed by atoms with van der Waals surface area (Å²) in [4.78, 5) is 3.07. The minimum atomic E-state index is -3.69. The summed E-state index contributed by atoms with van der Waals surface area (Å²) in [5, 5.41) is 3.80. The van der Waals surface area contributed by atoms with Crippen LogP contribution in [0.3, 0.4) is 0 Å². The van der Waals surface area contributed by atoms with Gasteiger partial charge < -0.3 is 10.3 Å². The van der Waals surface area contributed by atoms with E-state index in [0.717, 1.165) is 12.2 Å². The quantitative estimate of drug-likeness (QED) is 0.750. The monoisotopic (exact) mass is 347 g/mol. The molecule has 0 aliphatic rings. The van der Waals surface area contributed by atoms with Gasteiger partial charge in [-0.1, -0.05) is 30.1 Å². The number of anilines is 1. The maximum Gasteiger partial charge on any atom is 0.263 e. The molecule has 0 spiro atoms. The predicted molar refractivity (Wildman–Crippen MR) is 85.4 cm³/mol. The van der Waals surface area contributed by atoms with E-state index in [1.807, 2.05) is 6.92 Å². The number of rotatable bonds is 6. The van der Waals surface area contributed by atoms with E-state index in [0.29, 0.717) is 11.6 Å². The van der Waals surface area contributed by atoms with Gasteiger partial charge in [0.25, 0.3) is 10.0 Å². The van der Waals surface area contributed by atoms with E-state index in [4.69, 9.17) is 23.2 Å². The predicted octanol–water partition coefficient (Wildman–Crippen LogP) is 3.23. The highest BCUT2D eigenvalue weighted by Crippen LogP contribution is 2.27. The molecule has 2 rings (SSSR count). The molecule has 0 fully saturated rings. The van der Waals surface area contributed by atoms with Crippen LogP contribution in [-0.2, 0) is 16.6 Å². The fourth-order valence-corrected chi connectivity index (χ4v) is 3.32. The smallest absolute Gasteiger partial charge is 0.263 e. The first kappa shape index (κ1) is 16.2. The van der Waals surface area contributed by atoms with Gasteiger partial charge in [-0.3, -0.25) is 4.72 Å². The van der Waals surface area contributed by atoms with Crippen molar-refractivity contribution < 1.29 is 8.42 Å². The van der Waals surface area contributed by atoms with Crippen LogP contribution in [0, 0.1) is 0 Å². The average Bonchev–Trinajstić information content (AvgIpc) is 2.89. The van der Waals surface area contributed by atoms with Crippen LogP contribution in [0.1, 0.15) is 12.6 Å². The molecule has 1 heterocycles. The number of aromatic nitrogens is 1. The fraction of sp³-hybridized carbons (Fsp3) is 0.231. The molecule has 0 saturated carbocycles. The van der Waals surface area contributed by atoms with Gasteiger partial charge in [0.05, 0.1) is 10.7 Å². The van der Waals surface area contributed by atoms with Crippen LogP contribution in [0.5, 0.6) is 0 Å². The number of hydrogen-bond acceptors (Lipinski definition) is 3. The topological polar surface area (TPSA) is 74.0 Å². The molecule has 0 unspecified atom stereocenters. The third-order valence-electron chi connectivity index (χ3n) is 2.77. The highest BCUT2D eigenvalue weighted by molar-refractivity contribution is 7.92. The van der Waals surface area contributed by atoms with Crippen molar-refractivity contribution in [3.05, 3.63) is 46.2 Å². The second kappa shape index (κ2) is 6.70. The summed E-state index contributed by atoms with van der Waals surface area (Å²) in [5.41, 5.74) is 1.08. The lowest BCUT2D eigenvalue weighted by Gasteiger charge is -2.08. The van der Waals surface area contributed by atoms with Gasteiger partial charge in [-0.2, -0.15) is 0 Å². The molecule has 0 radical (unpaired) electrons. The van der Waals surface area contributed by atoms with Crippen LogP contribution < -0.4 is 10.0 Å². The number of nitrogens with one attached hydrogen (secondary N) is 3. The van der Waals surface area contributed by atoms with Crippen molar-refractivity contribution in [1.29, 1.82) is 0 Å². The average molecular weight is 348 g/mol. The van der Waals surface area contributed by atoms with Gasteiger partial charge in [-0.25, -0.2) is 8.42 Å². The van der Waals surface area contributed by atoms with Crippen LogP contribution >= 0.6 is 23.2 Å². The molecule has 0 bridgehead atoms. The van der Waals surface area contributed by atoms with E-state index in [1.165, 1.54) is 18.3 Å². The molecule has 21 heavy (non-hydrogen) atoms. The maximum atomic E-state index is 12.3. The van der Waals surface area contributed by atoms with Crippen molar-refractivity contribution in [1.82, 2.24) is 10.3 Å². The molecule has 2 aromatic rings. The van der Waals surface area contributed by atoms with E-state index in [9.17, 15) is 8.42 Å². The summed E-state index contributed by atoms with van der Waals surface area (Å²) in [5.74, 6) is 0. The van der Waals surface area contributed by atoms with Crippen molar-refractivity contribution in [2.75, 3.05) is 11.3 Å². The molecule has 8 heteroatoms. The molecule has 0 atom stereocenters. The summed E-state index contributed by atoms with van der Waals surface area (Å²) in [6, 6.07) is 6.15. The molecule has 1 aromatic carbocycles. The third-order valence-corrected chi connectivity index (χ3v) is 4.66. The summed E-state index contributed by atoms with van der Waals surface area (Å²) in [6.45, 7) is 3.36. The van der Waals surface area contributed by atoms with Crippen LogP contribution in [0.15, 0.2) is 35.4 Å². The van der Waals surface area contributed by atoms with Crippen molar-refractivity contribution in [3.8, 4) is 0 Å². The number of aromatic amines is 1. The first-order chi connectivity index (χ1) is 9.92. The Hall–Kier alpha value is -1.21. The van der Waals surface area contributed by atoms with E-state index in [1.54, 1.807) is 12.1 Å². The molecular formula is C13H15Cl2N3O2S. The number of sulfonamides is 1. The van der Waals surface area contributed by atoms with E-state index >= 15 is 0 Å². The highest BCUT2D eigenvalue weighted by atomic mass is 35.5. The minimum absolute atomic E-state index is 0.154. The van der Waals surface area contributed by atoms with Gasteiger partial charge in [-0.05, 0) is 30.8 Å². The standard InChI is InChI=1S/C13H15Cl2N3O2S/c1-2-16-7-10-6-11(8-17-10)21(19,20)18-13-4-3-9(14)5-12(13)15/h3-6,8,16-18H,2,7H2,1H3. The lowest BCUT2D eigenvalue weighted by molar-refractivity contribution is 0.601. The SMILES string of the molecule is CCNCc1cc(S(=O)(=O)Nc2ccc(Cl)cc2Cl)c[nH]1. The Labute approximate surface area is 133 Å². The highest BCUT2D eigenvalue weighted by Gasteiger charge is 2.17. The zero-order valence-corrected chi connectivity index (χ0v) is 13.6. The number of hydrogen-bond donors (Lipinski definition) is 3. The Kier molecular flexibility index (Phi) is 5.16. The normalized spacial score (nSPS) is 11.6. The zero-order valence-electron chi connectivity index (χ0n) is 11.3. The molecule has 0 aliphatic heterocycles. The number of benzene rings is 1. The van der Waals surface area contributed by atoms with Crippen molar-refractivity contribution in [2.45, 2.75) is 18.4 Å². The molecule has 3 N–H and O–H groups in total. The van der Waals surface area contributed by atoms with Crippen LogP contribution in [0.2, 0.25) is 10.0 Å². The first-order valence-electron chi connectivity index (χ1n) is 6.28. The van der Waals surface area contributed by atoms with Crippen molar-refractivity contribution in [3.63, 3.8) is 0 Å². The summed E-state index contributed by atoms with van der Waals surface area (Å²) in [6.07, 6.45) is 1.44. The Morgan fingerprint density at radius 2 is 2.00 bits per heavy atom. The fourth-order valence-electron chi connectivity index (χ4n) is 1.71. The van der Waals surface area contributed by atoms with Crippen LogP contribution in [0.25, 0.3) is 0 Å². The van der Waals surface area contributed by atoms with E-state index < -0.39 is 10.0 Å². The summed E-state index contributed by atoms with van der Waals surface area (Å²) >= 11 is 11.8. The Morgan fingerprint density at radius 1 is 1.24 bits per heavy atom. The largest absolute Gasteiger partial charge is 0.363 e. The van der Waals surface area contributed by atoms with Gasteiger partial charge in [-0.15, -0.1) is 0 Å². The number of H-pyrrole nitrogens is 1. The van der Waals surface area contributed by atoms with Gasteiger partial charge in [0.1, 0.15) is 4.90 Å². The zero-order chi connectivity index (χ0) is 15.5. The van der Waals surface area contributed by atoms with Gasteiger partial charge in [0, 0.05) is 23.5 Å². The molecule has 0 saturated heterocycles. The Balaban J connectivity index is 2.19. The molecule has 0 aliphatic carbocycles. The Morgan fingerprint density at radius 3 is 2.67 bits per heavy atom. The van der Waals surface area contributed by atoms with Crippen molar-refractivity contribution >= 4 is 38.9 Å². The van der Waals surface area contributed by atoms with E-state index in [-0.39, 0.29) is 15.6 Å². The summed E-state index contributed by atoms with van der Waals surface area (Å²) in [7, 11) is -3.69. The molecule has 5 nitrogen and oxygen atoms in total. The molecule has 0 amide bonds. The third kappa shape index (κ3) is 4.14. The van der Waals surface area contributed by atoms with Crippen LogP contribution in [-0.4, -0.2) is 19.9 Å². The Bertz CT molecular complexity index is 729. The lowest BCUT2D eigenvalue weighted by atomic mass is 10.3. The minimum Gasteiger partial charge on any atom is -0.363 e. The molecule has 1 aromatic heterocycles. The van der Waals surface area contributed by atoms with Crippen molar-refractivity contribution in [2.24, 2.45) is 0 Å². The number of halogens is 2. The van der Waals surface area contributed by atoms with Crippen LogP contribution in [0.4, 0.5) is 5.69 Å². The summed E-state index contributed by atoms with van der Waals surface area (Å²) < 4.78 is 27.0. The molecule has 114 valence electrons. The molecular weight excluding hydrogens is 333 g/mol. The van der Waals surface area contributed by atoms with Gasteiger partial charge >= 0.3 is 0 Å². The maximum absolute atomic E-state index is 12.3. The van der Waals surface area contributed by atoms with Gasteiger partial charge in [0.2, 0.25) is 0 Å². The van der Waals surface area contributed by atoms with E-state index in [2.05, 4.69) is 15.0 Å². The first-order valence-corrected chi connectivity index (χ1v) is 8.52. The lowest BCUT2D eigenvalue weighted by Crippen LogP contribution is -2.13. The van der Waals surface area contributed by atoms with Gasteiger partial charge in [0.15, 0.2) is 0 Å². The second-order valence-electron chi connectivity index (χ2n) is 4.37.